The first-order valence-electron chi connectivity index (χ1n) is 8.93. The fourth-order valence-electron chi connectivity index (χ4n) is 2.92. The second kappa shape index (κ2) is 9.16. The molecule has 25 heavy (non-hydrogen) atoms. The number of nitrogens with one attached hydrogen (secondary N) is 1. The number of benzene rings is 3. The monoisotopic (exact) mass is 331 g/mol. The molecule has 0 aliphatic heterocycles. The van der Waals surface area contributed by atoms with Crippen molar-refractivity contribution >= 4 is 0 Å². The topological polar surface area (TPSA) is 32.3 Å². The first-order valence-corrected chi connectivity index (χ1v) is 8.93. The van der Waals surface area contributed by atoms with E-state index in [0.29, 0.717) is 0 Å². The van der Waals surface area contributed by atoms with E-state index in [4.69, 9.17) is 5.11 Å². The summed E-state index contributed by atoms with van der Waals surface area (Å²) in [5.74, 6) is 0. The highest BCUT2D eigenvalue weighted by atomic mass is 16.2. The SMILES string of the molecule is OCCCCNCc1ccc(-c2cccc(-c3ccccc3)c2)cc1. The van der Waals surface area contributed by atoms with Gasteiger partial charge in [-0.15, -0.1) is 0 Å². The zero-order valence-corrected chi connectivity index (χ0v) is 14.5. The third-order valence-electron chi connectivity index (χ3n) is 4.35. The number of hydrogen-bond acceptors (Lipinski definition) is 2. The van der Waals surface area contributed by atoms with Crippen LogP contribution in [-0.4, -0.2) is 18.3 Å². The van der Waals surface area contributed by atoms with Crippen LogP contribution in [0.3, 0.4) is 0 Å². The third-order valence-corrected chi connectivity index (χ3v) is 4.35. The molecule has 2 nitrogen and oxygen atoms in total. The Hall–Kier alpha value is -2.42. The standard InChI is InChI=1S/C23H25NO/c25-16-5-4-15-24-18-19-11-13-21(14-12-19)23-10-6-9-22(17-23)20-7-2-1-3-8-20/h1-3,6-14,17,24-25H,4-5,15-16,18H2. The summed E-state index contributed by atoms with van der Waals surface area (Å²) in [6.45, 7) is 2.09. The largest absolute Gasteiger partial charge is 0.396 e. The van der Waals surface area contributed by atoms with Gasteiger partial charge in [0, 0.05) is 13.2 Å². The molecule has 0 fully saturated rings. The van der Waals surface area contributed by atoms with Crippen molar-refractivity contribution in [1.82, 2.24) is 5.32 Å². The Morgan fingerprint density at radius 3 is 1.96 bits per heavy atom. The van der Waals surface area contributed by atoms with Gasteiger partial charge in [0.15, 0.2) is 0 Å². The van der Waals surface area contributed by atoms with Crippen LogP contribution < -0.4 is 5.32 Å². The zero-order valence-electron chi connectivity index (χ0n) is 14.5. The first kappa shape index (κ1) is 17.4. The highest BCUT2D eigenvalue weighted by molar-refractivity contribution is 5.73. The molecule has 0 aliphatic rings. The van der Waals surface area contributed by atoms with Crippen molar-refractivity contribution < 1.29 is 5.11 Å². The van der Waals surface area contributed by atoms with Crippen LogP contribution in [0.1, 0.15) is 18.4 Å². The van der Waals surface area contributed by atoms with Crippen LogP contribution in [0.4, 0.5) is 0 Å². The predicted molar refractivity (Wildman–Crippen MR) is 105 cm³/mol. The van der Waals surface area contributed by atoms with Crippen LogP contribution in [0.5, 0.6) is 0 Å². The number of aliphatic hydroxyl groups is 1. The van der Waals surface area contributed by atoms with E-state index in [1.165, 1.54) is 27.8 Å². The van der Waals surface area contributed by atoms with E-state index in [-0.39, 0.29) is 6.61 Å². The molecule has 0 aromatic heterocycles. The summed E-state index contributed by atoms with van der Waals surface area (Å²) < 4.78 is 0. The summed E-state index contributed by atoms with van der Waals surface area (Å²) >= 11 is 0. The summed E-state index contributed by atoms with van der Waals surface area (Å²) in [5.41, 5.74) is 6.25. The van der Waals surface area contributed by atoms with E-state index >= 15 is 0 Å². The van der Waals surface area contributed by atoms with Crippen LogP contribution in [0.15, 0.2) is 78.9 Å². The molecule has 0 atom stereocenters. The minimum atomic E-state index is 0.276. The summed E-state index contributed by atoms with van der Waals surface area (Å²) in [5, 5.41) is 12.2. The lowest BCUT2D eigenvalue weighted by molar-refractivity contribution is 0.283. The summed E-state index contributed by atoms with van der Waals surface area (Å²) in [4.78, 5) is 0. The van der Waals surface area contributed by atoms with Crippen LogP contribution in [-0.2, 0) is 6.54 Å². The Morgan fingerprint density at radius 1 is 0.640 bits per heavy atom. The maximum Gasteiger partial charge on any atom is 0.0431 e. The highest BCUT2D eigenvalue weighted by Crippen LogP contribution is 2.26. The molecule has 0 spiro atoms. The minimum absolute atomic E-state index is 0.276. The Morgan fingerprint density at radius 2 is 1.28 bits per heavy atom. The maximum absolute atomic E-state index is 8.79. The molecule has 2 heteroatoms. The molecule has 128 valence electrons. The minimum Gasteiger partial charge on any atom is -0.396 e. The number of unbranched alkanes of at least 4 members (excludes halogenated alkanes) is 1. The molecule has 0 saturated heterocycles. The van der Waals surface area contributed by atoms with E-state index < -0.39 is 0 Å². The normalized spacial score (nSPS) is 10.8. The lowest BCUT2D eigenvalue weighted by atomic mass is 9.98. The van der Waals surface area contributed by atoms with Crippen LogP contribution in [0.25, 0.3) is 22.3 Å². The van der Waals surface area contributed by atoms with Crippen LogP contribution in [0.2, 0.25) is 0 Å². The van der Waals surface area contributed by atoms with Crippen molar-refractivity contribution in [3.8, 4) is 22.3 Å². The lowest BCUT2D eigenvalue weighted by Crippen LogP contribution is -2.14. The highest BCUT2D eigenvalue weighted by Gasteiger charge is 2.02. The van der Waals surface area contributed by atoms with Gasteiger partial charge in [-0.25, -0.2) is 0 Å². The molecule has 3 aromatic carbocycles. The Labute approximate surface area is 150 Å². The van der Waals surface area contributed by atoms with E-state index in [1.807, 2.05) is 6.07 Å². The molecule has 0 unspecified atom stereocenters. The zero-order chi connectivity index (χ0) is 17.3. The number of hydrogen-bond donors (Lipinski definition) is 2. The average molecular weight is 331 g/mol. The molecule has 3 rings (SSSR count). The predicted octanol–water partition coefficient (Wildman–Crippen LogP) is 4.88. The maximum atomic E-state index is 8.79. The second-order valence-corrected chi connectivity index (χ2v) is 6.25. The van der Waals surface area contributed by atoms with E-state index in [2.05, 4.69) is 78.1 Å². The molecule has 0 amide bonds. The Kier molecular flexibility index (Phi) is 6.38. The van der Waals surface area contributed by atoms with Crippen molar-refractivity contribution in [2.24, 2.45) is 0 Å². The van der Waals surface area contributed by atoms with E-state index in [9.17, 15) is 0 Å². The molecule has 2 N–H and O–H groups in total. The molecule has 0 radical (unpaired) electrons. The van der Waals surface area contributed by atoms with Gasteiger partial charge in [0.2, 0.25) is 0 Å². The van der Waals surface area contributed by atoms with Gasteiger partial charge < -0.3 is 10.4 Å². The quantitative estimate of drug-likeness (QED) is 0.576. The Bertz CT molecular complexity index is 766. The van der Waals surface area contributed by atoms with Crippen molar-refractivity contribution in [3.05, 3.63) is 84.4 Å². The summed E-state index contributed by atoms with van der Waals surface area (Å²) in [6.07, 6.45) is 1.88. The van der Waals surface area contributed by atoms with Crippen molar-refractivity contribution in [2.75, 3.05) is 13.2 Å². The fourth-order valence-corrected chi connectivity index (χ4v) is 2.92. The van der Waals surface area contributed by atoms with Gasteiger partial charge in [-0.2, -0.15) is 0 Å². The summed E-state index contributed by atoms with van der Waals surface area (Å²) in [6, 6.07) is 27.9. The first-order chi connectivity index (χ1) is 12.4. The number of aliphatic hydroxyl groups excluding tert-OH is 1. The molecule has 0 bridgehead atoms. The van der Waals surface area contributed by atoms with Crippen LogP contribution in [0, 0.1) is 0 Å². The van der Waals surface area contributed by atoms with Gasteiger partial charge in [0.25, 0.3) is 0 Å². The van der Waals surface area contributed by atoms with Crippen molar-refractivity contribution in [3.63, 3.8) is 0 Å². The van der Waals surface area contributed by atoms with Gasteiger partial charge in [0.05, 0.1) is 0 Å². The smallest absolute Gasteiger partial charge is 0.0431 e. The molecular formula is C23H25NO. The van der Waals surface area contributed by atoms with Crippen LogP contribution >= 0.6 is 0 Å². The van der Waals surface area contributed by atoms with E-state index in [1.54, 1.807) is 0 Å². The van der Waals surface area contributed by atoms with Gasteiger partial charge >= 0.3 is 0 Å². The van der Waals surface area contributed by atoms with Gasteiger partial charge in [-0.05, 0) is 53.3 Å². The average Bonchev–Trinajstić information content (AvgIpc) is 2.69. The van der Waals surface area contributed by atoms with Gasteiger partial charge in [-0.3, -0.25) is 0 Å². The van der Waals surface area contributed by atoms with Crippen molar-refractivity contribution in [1.29, 1.82) is 0 Å². The summed E-state index contributed by atoms with van der Waals surface area (Å²) in [7, 11) is 0. The van der Waals surface area contributed by atoms with Crippen molar-refractivity contribution in [2.45, 2.75) is 19.4 Å². The van der Waals surface area contributed by atoms with Gasteiger partial charge in [-0.1, -0.05) is 72.8 Å². The second-order valence-electron chi connectivity index (χ2n) is 6.25. The van der Waals surface area contributed by atoms with E-state index in [0.717, 1.165) is 25.9 Å². The molecule has 0 saturated carbocycles. The molecule has 3 aromatic rings. The molecular weight excluding hydrogens is 306 g/mol. The number of rotatable bonds is 8. The molecule has 0 aliphatic carbocycles. The Balaban J connectivity index is 1.66. The third kappa shape index (κ3) is 5.02. The lowest BCUT2D eigenvalue weighted by Gasteiger charge is -2.08. The molecule has 0 heterocycles. The fraction of sp³-hybridized carbons (Fsp3) is 0.217. The van der Waals surface area contributed by atoms with Gasteiger partial charge in [0.1, 0.15) is 0 Å².